The first-order valence-corrected chi connectivity index (χ1v) is 14.2. The van der Waals surface area contributed by atoms with Crippen molar-refractivity contribution < 1.29 is 23.9 Å². The Morgan fingerprint density at radius 2 is 1.54 bits per heavy atom. The Kier molecular flexibility index (Phi) is 14.6. The van der Waals surface area contributed by atoms with Gasteiger partial charge >= 0.3 is 6.09 Å². The second kappa shape index (κ2) is 16.8. The van der Waals surface area contributed by atoms with Crippen LogP contribution >= 0.6 is 0 Å². The number of rotatable bonds is 16. The second-order valence-electron chi connectivity index (χ2n) is 11.3. The Hall–Kier alpha value is -3.10. The lowest BCUT2D eigenvalue weighted by Crippen LogP contribution is -2.53. The van der Waals surface area contributed by atoms with Gasteiger partial charge in [-0.2, -0.15) is 0 Å². The normalized spacial score (nSPS) is 12.8. The van der Waals surface area contributed by atoms with E-state index in [-0.39, 0.29) is 18.7 Å². The van der Waals surface area contributed by atoms with Crippen LogP contribution in [0.3, 0.4) is 0 Å². The number of alkyl carbamates (subject to hydrolysis) is 1. The molecule has 0 radical (unpaired) electrons. The highest BCUT2D eigenvalue weighted by atomic mass is 16.6. The number of carbonyl (C=O) groups excluding carboxylic acids is 4. The summed E-state index contributed by atoms with van der Waals surface area (Å²) in [4.78, 5) is 53.7. The molecule has 39 heavy (non-hydrogen) atoms. The summed E-state index contributed by atoms with van der Waals surface area (Å²) in [7, 11) is 0. The van der Waals surface area contributed by atoms with E-state index in [0.29, 0.717) is 25.1 Å². The summed E-state index contributed by atoms with van der Waals surface area (Å²) in [5.74, 6) is -1.31. The molecule has 0 aliphatic carbocycles. The third-order valence-electron chi connectivity index (χ3n) is 6.15. The van der Waals surface area contributed by atoms with Gasteiger partial charge < -0.3 is 26.0 Å². The molecule has 0 fully saturated rings. The molecule has 2 atom stereocenters. The zero-order valence-electron chi connectivity index (χ0n) is 25.0. The van der Waals surface area contributed by atoms with Crippen LogP contribution in [0.4, 0.5) is 4.79 Å². The monoisotopic (exact) mass is 546 g/mol. The lowest BCUT2D eigenvalue weighted by atomic mass is 9.97. The molecule has 0 heterocycles. The summed E-state index contributed by atoms with van der Waals surface area (Å²) in [5, 5.41) is 5.66. The lowest BCUT2D eigenvalue weighted by Gasteiger charge is -2.35. The zero-order chi connectivity index (χ0) is 29.6. The topological polar surface area (TPSA) is 131 Å². The summed E-state index contributed by atoms with van der Waals surface area (Å²) >= 11 is 0. The number of ether oxygens (including phenoxy) is 1. The lowest BCUT2D eigenvalue weighted by molar-refractivity contribution is -0.142. The smallest absolute Gasteiger partial charge is 0.408 e. The molecule has 0 aromatic heterocycles. The van der Waals surface area contributed by atoms with E-state index in [1.165, 1.54) is 0 Å². The van der Waals surface area contributed by atoms with Crippen molar-refractivity contribution in [1.82, 2.24) is 15.5 Å². The maximum absolute atomic E-state index is 14.1. The average molecular weight is 547 g/mol. The molecule has 0 saturated heterocycles. The van der Waals surface area contributed by atoms with E-state index in [1.54, 1.807) is 25.7 Å². The Bertz CT molecular complexity index is 937. The van der Waals surface area contributed by atoms with Gasteiger partial charge in [0.1, 0.15) is 17.7 Å². The van der Waals surface area contributed by atoms with Crippen LogP contribution in [0.5, 0.6) is 0 Å². The van der Waals surface area contributed by atoms with Gasteiger partial charge in [0.15, 0.2) is 0 Å². The molecule has 4 N–H and O–H groups in total. The number of hydrogen-bond acceptors (Lipinski definition) is 5. The van der Waals surface area contributed by atoms with Crippen molar-refractivity contribution in [2.24, 2.45) is 5.73 Å². The fraction of sp³-hybridized carbons (Fsp3) is 0.667. The molecule has 1 aromatic carbocycles. The predicted octanol–water partition coefficient (Wildman–Crippen LogP) is 4.83. The molecule has 0 bridgehead atoms. The first kappa shape index (κ1) is 33.9. The first-order valence-electron chi connectivity index (χ1n) is 14.2. The van der Waals surface area contributed by atoms with Crippen molar-refractivity contribution in [2.75, 3.05) is 13.1 Å². The summed E-state index contributed by atoms with van der Waals surface area (Å²) in [5.41, 5.74) is 7.27. The number of unbranched alkanes of at least 4 members (excludes halogenated alkanes) is 4. The molecule has 1 aromatic rings. The number of amides is 4. The first-order chi connectivity index (χ1) is 18.3. The number of hydrogen-bond donors (Lipinski definition) is 3. The minimum atomic E-state index is -1.09. The SMILES string of the molecule is CCCCCNC(=O)C(c1cc(C)cc(C)c1)N(CCCCC)C(=O)C(CCC(N)=O)NC(=O)OC(C)(C)C. The van der Waals surface area contributed by atoms with Gasteiger partial charge in [0.05, 0.1) is 0 Å². The van der Waals surface area contributed by atoms with Crippen molar-refractivity contribution in [2.45, 2.75) is 118 Å². The number of carbonyl (C=O) groups is 4. The highest BCUT2D eigenvalue weighted by Crippen LogP contribution is 2.26. The van der Waals surface area contributed by atoms with Gasteiger partial charge in [0, 0.05) is 19.5 Å². The van der Waals surface area contributed by atoms with Crippen LogP contribution in [0.2, 0.25) is 0 Å². The van der Waals surface area contributed by atoms with Crippen molar-refractivity contribution in [3.8, 4) is 0 Å². The molecule has 0 saturated carbocycles. The van der Waals surface area contributed by atoms with Gasteiger partial charge in [0.2, 0.25) is 17.7 Å². The largest absolute Gasteiger partial charge is 0.444 e. The van der Waals surface area contributed by atoms with E-state index < -0.39 is 35.6 Å². The van der Waals surface area contributed by atoms with E-state index in [2.05, 4.69) is 24.5 Å². The fourth-order valence-corrected chi connectivity index (χ4v) is 4.42. The van der Waals surface area contributed by atoms with Gasteiger partial charge in [-0.1, -0.05) is 68.9 Å². The molecular formula is C30H50N4O5. The zero-order valence-corrected chi connectivity index (χ0v) is 25.0. The Labute approximate surface area is 234 Å². The highest BCUT2D eigenvalue weighted by molar-refractivity contribution is 5.92. The molecule has 220 valence electrons. The minimum absolute atomic E-state index is 0.00459. The van der Waals surface area contributed by atoms with Crippen LogP contribution in [0.1, 0.15) is 109 Å². The Morgan fingerprint density at radius 1 is 0.949 bits per heavy atom. The molecule has 0 aliphatic heterocycles. The van der Waals surface area contributed by atoms with Gasteiger partial charge in [-0.05, 0) is 59.4 Å². The molecule has 9 nitrogen and oxygen atoms in total. The summed E-state index contributed by atoms with van der Waals surface area (Å²) < 4.78 is 5.39. The van der Waals surface area contributed by atoms with Crippen LogP contribution in [0, 0.1) is 13.8 Å². The Balaban J connectivity index is 3.51. The number of primary amides is 1. The molecule has 0 aliphatic rings. The number of benzene rings is 1. The van der Waals surface area contributed by atoms with Crippen LogP contribution < -0.4 is 16.4 Å². The Morgan fingerprint density at radius 3 is 2.08 bits per heavy atom. The average Bonchev–Trinajstić information content (AvgIpc) is 2.81. The summed E-state index contributed by atoms with van der Waals surface area (Å²) in [6, 6.07) is 3.87. The standard InChI is InChI=1S/C30H50N4O5/c1-8-10-12-16-32-27(36)26(23-19-21(3)18-22(4)20-23)34(17-13-11-9-2)28(37)24(14-15-25(31)35)33-29(38)39-30(5,6)7/h18-20,24,26H,8-17H2,1-7H3,(H2,31,35)(H,32,36)(H,33,38). The van der Waals surface area contributed by atoms with E-state index in [1.807, 2.05) is 32.0 Å². The van der Waals surface area contributed by atoms with Crippen molar-refractivity contribution in [3.63, 3.8) is 0 Å². The van der Waals surface area contributed by atoms with Gasteiger partial charge in [-0.25, -0.2) is 4.79 Å². The summed E-state index contributed by atoms with van der Waals surface area (Å²) in [6.07, 6.45) is 4.45. The molecule has 0 spiro atoms. The highest BCUT2D eigenvalue weighted by Gasteiger charge is 2.36. The third-order valence-corrected chi connectivity index (χ3v) is 6.15. The van der Waals surface area contributed by atoms with Crippen molar-refractivity contribution in [1.29, 1.82) is 0 Å². The van der Waals surface area contributed by atoms with Crippen LogP contribution in [-0.2, 0) is 19.1 Å². The minimum Gasteiger partial charge on any atom is -0.444 e. The van der Waals surface area contributed by atoms with E-state index >= 15 is 0 Å². The van der Waals surface area contributed by atoms with E-state index in [9.17, 15) is 19.2 Å². The molecule has 4 amide bonds. The van der Waals surface area contributed by atoms with Gasteiger partial charge in [0.25, 0.3) is 0 Å². The second-order valence-corrected chi connectivity index (χ2v) is 11.3. The van der Waals surface area contributed by atoms with Gasteiger partial charge in [-0.3, -0.25) is 14.4 Å². The maximum atomic E-state index is 14.1. The van der Waals surface area contributed by atoms with Crippen LogP contribution in [0.25, 0.3) is 0 Å². The number of nitrogens with one attached hydrogen (secondary N) is 2. The molecule has 1 rings (SSSR count). The van der Waals surface area contributed by atoms with Crippen LogP contribution in [0.15, 0.2) is 18.2 Å². The summed E-state index contributed by atoms with van der Waals surface area (Å²) in [6.45, 7) is 14.1. The van der Waals surface area contributed by atoms with Crippen molar-refractivity contribution >= 4 is 23.8 Å². The molecular weight excluding hydrogens is 496 g/mol. The fourth-order valence-electron chi connectivity index (χ4n) is 4.42. The quantitative estimate of drug-likeness (QED) is 0.256. The maximum Gasteiger partial charge on any atom is 0.408 e. The van der Waals surface area contributed by atoms with Gasteiger partial charge in [-0.15, -0.1) is 0 Å². The molecule has 2 unspecified atom stereocenters. The van der Waals surface area contributed by atoms with E-state index in [4.69, 9.17) is 10.5 Å². The number of aryl methyl sites for hydroxylation is 2. The van der Waals surface area contributed by atoms with Crippen LogP contribution in [-0.4, -0.2) is 53.4 Å². The predicted molar refractivity (Wildman–Crippen MR) is 154 cm³/mol. The number of nitrogens with two attached hydrogens (primary N) is 1. The van der Waals surface area contributed by atoms with E-state index in [0.717, 1.165) is 43.2 Å². The third kappa shape index (κ3) is 13.0. The van der Waals surface area contributed by atoms with Crippen molar-refractivity contribution in [3.05, 3.63) is 34.9 Å². The number of nitrogens with zero attached hydrogens (tertiary/aromatic N) is 1. The molecule has 9 heteroatoms.